The minimum absolute atomic E-state index is 0.297. The van der Waals surface area contributed by atoms with E-state index in [0.29, 0.717) is 16.3 Å². The Morgan fingerprint density at radius 2 is 2.29 bits per heavy atom. The number of aromatic amines is 1. The van der Waals surface area contributed by atoms with Crippen LogP contribution in [0.1, 0.15) is 13.8 Å². The van der Waals surface area contributed by atoms with Crippen molar-refractivity contribution in [3.63, 3.8) is 0 Å². The molecule has 0 saturated carbocycles. The molecule has 0 fully saturated rings. The highest BCUT2D eigenvalue weighted by atomic mass is 35.5. The summed E-state index contributed by atoms with van der Waals surface area (Å²) in [5.41, 5.74) is 1.34. The van der Waals surface area contributed by atoms with Crippen LogP contribution in [-0.2, 0) is 11.3 Å². The van der Waals surface area contributed by atoms with Crippen LogP contribution < -0.4 is 0 Å². The minimum atomic E-state index is -0.297. The third-order valence-electron chi connectivity index (χ3n) is 2.67. The summed E-state index contributed by atoms with van der Waals surface area (Å²) in [4.78, 5) is 7.39. The average Bonchev–Trinajstić information content (AvgIpc) is 2.54. The summed E-state index contributed by atoms with van der Waals surface area (Å²) in [6.45, 7) is 4.64. The predicted octanol–water partition coefficient (Wildman–Crippen LogP) is 3.17. The van der Waals surface area contributed by atoms with Gasteiger partial charge in [0.15, 0.2) is 10.4 Å². The van der Waals surface area contributed by atoms with Gasteiger partial charge in [-0.3, -0.25) is 4.57 Å². The van der Waals surface area contributed by atoms with E-state index in [1.807, 2.05) is 24.5 Å². The Morgan fingerprint density at radius 1 is 1.59 bits per heavy atom. The van der Waals surface area contributed by atoms with Gasteiger partial charge in [-0.05, 0) is 32.1 Å². The first-order chi connectivity index (χ1) is 7.93. The Kier molecular flexibility index (Phi) is 3.25. The smallest absolute Gasteiger partial charge is 0.179 e. The van der Waals surface area contributed by atoms with Gasteiger partial charge < -0.3 is 9.72 Å². The molecule has 0 spiro atoms. The summed E-state index contributed by atoms with van der Waals surface area (Å²) in [6, 6.07) is 1.82. The van der Waals surface area contributed by atoms with Gasteiger partial charge in [0.1, 0.15) is 0 Å². The van der Waals surface area contributed by atoms with Gasteiger partial charge in [0, 0.05) is 13.3 Å². The number of rotatable bonds is 3. The molecule has 2 aromatic rings. The molecule has 0 bridgehead atoms. The van der Waals surface area contributed by atoms with E-state index in [1.54, 1.807) is 13.3 Å². The number of ether oxygens (including phenoxy) is 1. The minimum Gasteiger partial charge on any atom is -0.377 e. The summed E-state index contributed by atoms with van der Waals surface area (Å²) < 4.78 is 7.95. The van der Waals surface area contributed by atoms with Crippen LogP contribution in [0.3, 0.4) is 0 Å². The highest BCUT2D eigenvalue weighted by molar-refractivity contribution is 7.71. The number of nitrogens with one attached hydrogen (secondary N) is 1. The fourth-order valence-corrected chi connectivity index (χ4v) is 2.03. The number of methoxy groups -OCH3 is 1. The highest BCUT2D eigenvalue weighted by Gasteiger charge is 2.19. The topological polar surface area (TPSA) is 42.8 Å². The van der Waals surface area contributed by atoms with Crippen LogP contribution in [-0.4, -0.2) is 27.2 Å². The molecule has 0 aliphatic carbocycles. The van der Waals surface area contributed by atoms with Crippen molar-refractivity contribution in [1.82, 2.24) is 14.5 Å². The fraction of sp³-hybridized carbons (Fsp3) is 0.455. The maximum Gasteiger partial charge on any atom is 0.179 e. The Labute approximate surface area is 110 Å². The van der Waals surface area contributed by atoms with Gasteiger partial charge in [0.2, 0.25) is 0 Å². The molecule has 0 aromatic carbocycles. The Hall–Kier alpha value is -0.910. The van der Waals surface area contributed by atoms with Gasteiger partial charge in [0.05, 0.1) is 22.7 Å². The average molecular weight is 272 g/mol. The van der Waals surface area contributed by atoms with Crippen LogP contribution in [0, 0.1) is 4.77 Å². The second-order valence-electron chi connectivity index (χ2n) is 4.50. The first kappa shape index (κ1) is 12.5. The maximum absolute atomic E-state index is 5.89. The molecule has 4 nitrogen and oxygen atoms in total. The monoisotopic (exact) mass is 271 g/mol. The highest BCUT2D eigenvalue weighted by Crippen LogP contribution is 2.19. The molecule has 0 aliphatic heterocycles. The summed E-state index contributed by atoms with van der Waals surface area (Å²) in [5.74, 6) is 0. The number of imidazole rings is 1. The summed E-state index contributed by atoms with van der Waals surface area (Å²) in [7, 11) is 1.68. The zero-order valence-corrected chi connectivity index (χ0v) is 11.5. The molecule has 0 aliphatic rings. The lowest BCUT2D eigenvalue weighted by molar-refractivity contribution is 0.00862. The second-order valence-corrected chi connectivity index (χ2v) is 5.33. The standard InChI is InChI=1S/C11H14ClN3OS/c1-11(2,16-3)6-15-9-8(14-10(15)17)4-7(12)5-13-9/h4-5H,6H2,1-3H3,(H,14,17). The van der Waals surface area contributed by atoms with Gasteiger partial charge in [-0.2, -0.15) is 0 Å². The molecular formula is C11H14ClN3OS. The molecule has 0 radical (unpaired) electrons. The van der Waals surface area contributed by atoms with E-state index in [0.717, 1.165) is 11.2 Å². The lowest BCUT2D eigenvalue weighted by Crippen LogP contribution is -2.29. The molecule has 2 heterocycles. The van der Waals surface area contributed by atoms with Crippen LogP contribution in [0.2, 0.25) is 5.02 Å². The molecule has 6 heteroatoms. The van der Waals surface area contributed by atoms with Crippen molar-refractivity contribution in [2.75, 3.05) is 7.11 Å². The van der Waals surface area contributed by atoms with Crippen LogP contribution >= 0.6 is 23.8 Å². The van der Waals surface area contributed by atoms with E-state index in [4.69, 9.17) is 28.6 Å². The van der Waals surface area contributed by atoms with Gasteiger partial charge in [-0.15, -0.1) is 0 Å². The van der Waals surface area contributed by atoms with Crippen molar-refractivity contribution in [1.29, 1.82) is 0 Å². The number of halogens is 1. The maximum atomic E-state index is 5.89. The molecule has 2 aromatic heterocycles. The zero-order valence-electron chi connectivity index (χ0n) is 9.95. The molecule has 0 unspecified atom stereocenters. The Morgan fingerprint density at radius 3 is 2.94 bits per heavy atom. The second kappa shape index (κ2) is 4.40. The van der Waals surface area contributed by atoms with Gasteiger partial charge in [-0.25, -0.2) is 4.98 Å². The van der Waals surface area contributed by atoms with E-state index >= 15 is 0 Å². The number of aromatic nitrogens is 3. The molecule has 17 heavy (non-hydrogen) atoms. The first-order valence-corrected chi connectivity index (χ1v) is 6.01. The van der Waals surface area contributed by atoms with Crippen molar-refractivity contribution in [3.05, 3.63) is 22.1 Å². The molecule has 1 N–H and O–H groups in total. The molecule has 0 amide bonds. The number of hydrogen-bond donors (Lipinski definition) is 1. The molecule has 92 valence electrons. The van der Waals surface area contributed by atoms with Gasteiger partial charge in [0.25, 0.3) is 0 Å². The van der Waals surface area contributed by atoms with E-state index < -0.39 is 0 Å². The number of fused-ring (bicyclic) bond motifs is 1. The van der Waals surface area contributed by atoms with Crippen LogP contribution in [0.15, 0.2) is 12.3 Å². The number of hydrogen-bond acceptors (Lipinski definition) is 3. The summed E-state index contributed by atoms with van der Waals surface area (Å²) in [5, 5.41) is 0.590. The lowest BCUT2D eigenvalue weighted by atomic mass is 10.1. The largest absolute Gasteiger partial charge is 0.377 e. The van der Waals surface area contributed by atoms with E-state index in [9.17, 15) is 0 Å². The predicted molar refractivity (Wildman–Crippen MR) is 71.0 cm³/mol. The third kappa shape index (κ3) is 2.51. The quantitative estimate of drug-likeness (QED) is 0.872. The Bertz CT molecular complexity index is 602. The van der Waals surface area contributed by atoms with E-state index in [2.05, 4.69) is 9.97 Å². The molecule has 0 atom stereocenters. The SMILES string of the molecule is COC(C)(C)Cn1c(=S)[nH]c2cc(Cl)cnc21. The van der Waals surface area contributed by atoms with Crippen LogP contribution in [0.5, 0.6) is 0 Å². The molecule has 0 saturated heterocycles. The summed E-state index contributed by atoms with van der Waals surface area (Å²) in [6.07, 6.45) is 1.61. The first-order valence-electron chi connectivity index (χ1n) is 5.22. The number of pyridine rings is 1. The number of nitrogens with zero attached hydrogens (tertiary/aromatic N) is 2. The van der Waals surface area contributed by atoms with Crippen LogP contribution in [0.25, 0.3) is 11.2 Å². The van der Waals surface area contributed by atoms with E-state index in [-0.39, 0.29) is 5.60 Å². The lowest BCUT2D eigenvalue weighted by Gasteiger charge is -2.23. The van der Waals surface area contributed by atoms with Crippen molar-refractivity contribution in [2.45, 2.75) is 26.0 Å². The van der Waals surface area contributed by atoms with Crippen molar-refractivity contribution in [2.24, 2.45) is 0 Å². The molecular weight excluding hydrogens is 258 g/mol. The van der Waals surface area contributed by atoms with Crippen molar-refractivity contribution < 1.29 is 4.74 Å². The normalized spacial score (nSPS) is 12.2. The van der Waals surface area contributed by atoms with Gasteiger partial charge >= 0.3 is 0 Å². The van der Waals surface area contributed by atoms with E-state index in [1.165, 1.54) is 0 Å². The zero-order chi connectivity index (χ0) is 12.6. The van der Waals surface area contributed by atoms with Crippen molar-refractivity contribution >= 4 is 35.0 Å². The van der Waals surface area contributed by atoms with Crippen LogP contribution in [0.4, 0.5) is 0 Å². The Balaban J connectivity index is 2.54. The third-order valence-corrected chi connectivity index (χ3v) is 3.20. The fourth-order valence-electron chi connectivity index (χ4n) is 1.61. The summed E-state index contributed by atoms with van der Waals surface area (Å²) >= 11 is 11.2. The van der Waals surface area contributed by atoms with Crippen molar-refractivity contribution in [3.8, 4) is 0 Å². The van der Waals surface area contributed by atoms with Gasteiger partial charge in [-0.1, -0.05) is 11.6 Å². The molecule has 2 rings (SSSR count). The number of H-pyrrole nitrogens is 1.